The summed E-state index contributed by atoms with van der Waals surface area (Å²) in [7, 11) is -3.58. The van der Waals surface area contributed by atoms with Gasteiger partial charge in [-0.25, -0.2) is 17.5 Å². The molecule has 6 heteroatoms. The fraction of sp³-hybridized carbons (Fsp3) is 0.600. The van der Waals surface area contributed by atoms with E-state index in [4.69, 9.17) is 0 Å². The van der Waals surface area contributed by atoms with Crippen LogP contribution in [0, 0.1) is 25.6 Å². The molecule has 1 saturated carbocycles. The highest BCUT2D eigenvalue weighted by atomic mass is 79.9. The molecule has 1 aromatic rings. The zero-order valence-electron chi connectivity index (χ0n) is 12.3. The van der Waals surface area contributed by atoms with Crippen molar-refractivity contribution in [3.63, 3.8) is 0 Å². The maximum absolute atomic E-state index is 13.3. The minimum atomic E-state index is -3.58. The van der Waals surface area contributed by atoms with E-state index in [-0.39, 0.29) is 4.90 Å². The number of benzene rings is 1. The number of alkyl halides is 1. The molecule has 3 nitrogen and oxygen atoms in total. The molecule has 0 amide bonds. The zero-order valence-corrected chi connectivity index (χ0v) is 14.7. The lowest BCUT2D eigenvalue weighted by Crippen LogP contribution is -2.32. The van der Waals surface area contributed by atoms with Crippen molar-refractivity contribution in [2.45, 2.75) is 49.3 Å². The third-order valence-electron chi connectivity index (χ3n) is 4.03. The lowest BCUT2D eigenvalue weighted by Gasteiger charge is -2.25. The number of hydrogen-bond donors (Lipinski definition) is 1. The van der Waals surface area contributed by atoms with Crippen LogP contribution in [0.25, 0.3) is 0 Å². The monoisotopic (exact) mass is 377 g/mol. The Morgan fingerprint density at radius 1 is 1.19 bits per heavy atom. The normalized spacial score (nSPS) is 23.2. The topological polar surface area (TPSA) is 46.2 Å². The second-order valence-electron chi connectivity index (χ2n) is 5.84. The minimum absolute atomic E-state index is 0.207. The van der Waals surface area contributed by atoms with Crippen LogP contribution in [0.4, 0.5) is 4.39 Å². The van der Waals surface area contributed by atoms with Gasteiger partial charge in [0.15, 0.2) is 0 Å². The van der Waals surface area contributed by atoms with Gasteiger partial charge in [-0.05, 0) is 68.7 Å². The van der Waals surface area contributed by atoms with Crippen LogP contribution in [0.15, 0.2) is 17.0 Å². The Morgan fingerprint density at radius 2 is 1.71 bits per heavy atom. The van der Waals surface area contributed by atoms with Gasteiger partial charge in [0.2, 0.25) is 10.0 Å². The summed E-state index contributed by atoms with van der Waals surface area (Å²) in [6, 6.07) is 2.52. The average molecular weight is 378 g/mol. The fourth-order valence-corrected chi connectivity index (χ4v) is 5.04. The lowest BCUT2D eigenvalue weighted by molar-refractivity contribution is 0.366. The van der Waals surface area contributed by atoms with Gasteiger partial charge in [0.1, 0.15) is 5.82 Å². The molecule has 118 valence electrons. The van der Waals surface area contributed by atoms with Crippen LogP contribution < -0.4 is 4.72 Å². The molecular formula is C15H21BrFNO2S. The standard InChI is InChI=1S/C15H21BrFNO2S/c1-10-7-14(17)8-11(2)15(10)21(19,20)18-9-12-3-5-13(16)6-4-12/h7-8,12-13,18H,3-6,9H2,1-2H3. The molecular weight excluding hydrogens is 357 g/mol. The number of halogens is 2. The molecule has 1 aromatic carbocycles. The van der Waals surface area contributed by atoms with Crippen LogP contribution >= 0.6 is 15.9 Å². The maximum Gasteiger partial charge on any atom is 0.241 e. The summed E-state index contributed by atoms with van der Waals surface area (Å²) in [6.07, 6.45) is 4.22. The highest BCUT2D eigenvalue weighted by molar-refractivity contribution is 9.09. The van der Waals surface area contributed by atoms with Crippen molar-refractivity contribution in [1.82, 2.24) is 4.72 Å². The van der Waals surface area contributed by atoms with E-state index in [1.807, 2.05) is 0 Å². The summed E-state index contributed by atoms with van der Waals surface area (Å²) in [6.45, 7) is 3.71. The first-order valence-electron chi connectivity index (χ1n) is 7.20. The first-order chi connectivity index (χ1) is 9.79. The van der Waals surface area contributed by atoms with E-state index in [0.717, 1.165) is 25.7 Å². The van der Waals surface area contributed by atoms with E-state index in [1.54, 1.807) is 13.8 Å². The van der Waals surface area contributed by atoms with E-state index in [9.17, 15) is 12.8 Å². The summed E-state index contributed by atoms with van der Waals surface area (Å²) in [5.74, 6) is -0.0192. The number of hydrogen-bond acceptors (Lipinski definition) is 2. The summed E-state index contributed by atoms with van der Waals surface area (Å²) < 4.78 is 40.9. The molecule has 0 aliphatic heterocycles. The quantitative estimate of drug-likeness (QED) is 0.813. The molecule has 1 N–H and O–H groups in total. The van der Waals surface area contributed by atoms with Crippen LogP contribution in [-0.2, 0) is 10.0 Å². The van der Waals surface area contributed by atoms with Gasteiger partial charge in [-0.2, -0.15) is 0 Å². The molecule has 1 fully saturated rings. The van der Waals surface area contributed by atoms with Crippen molar-refractivity contribution in [3.8, 4) is 0 Å². The third-order valence-corrected chi connectivity index (χ3v) is 6.68. The van der Waals surface area contributed by atoms with Gasteiger partial charge in [0, 0.05) is 11.4 Å². The van der Waals surface area contributed by atoms with Gasteiger partial charge in [-0.15, -0.1) is 0 Å². The van der Waals surface area contributed by atoms with Gasteiger partial charge in [-0.3, -0.25) is 0 Å². The van der Waals surface area contributed by atoms with Crippen LogP contribution in [-0.4, -0.2) is 19.8 Å². The van der Waals surface area contributed by atoms with Gasteiger partial charge in [0.05, 0.1) is 4.90 Å². The first kappa shape index (κ1) is 16.9. The van der Waals surface area contributed by atoms with Crippen molar-refractivity contribution >= 4 is 26.0 Å². The summed E-state index contributed by atoms with van der Waals surface area (Å²) >= 11 is 3.59. The van der Waals surface area contributed by atoms with Crippen LogP contribution in [0.1, 0.15) is 36.8 Å². The Bertz CT molecular complexity index is 587. The molecule has 1 aliphatic carbocycles. The van der Waals surface area contributed by atoms with Crippen molar-refractivity contribution in [3.05, 3.63) is 29.1 Å². The van der Waals surface area contributed by atoms with E-state index in [2.05, 4.69) is 20.7 Å². The molecule has 0 radical (unpaired) electrons. The van der Waals surface area contributed by atoms with Crippen molar-refractivity contribution < 1.29 is 12.8 Å². The minimum Gasteiger partial charge on any atom is -0.211 e. The van der Waals surface area contributed by atoms with Crippen molar-refractivity contribution in [2.75, 3.05) is 6.54 Å². The molecule has 2 rings (SSSR count). The Balaban J connectivity index is 2.09. The Morgan fingerprint density at radius 3 is 2.24 bits per heavy atom. The van der Waals surface area contributed by atoms with Gasteiger partial charge < -0.3 is 0 Å². The van der Waals surface area contributed by atoms with Crippen molar-refractivity contribution in [1.29, 1.82) is 0 Å². The highest BCUT2D eigenvalue weighted by Crippen LogP contribution is 2.29. The molecule has 0 heterocycles. The van der Waals surface area contributed by atoms with Crippen molar-refractivity contribution in [2.24, 2.45) is 5.92 Å². The Hall–Kier alpha value is -0.460. The lowest BCUT2D eigenvalue weighted by atomic mass is 9.89. The summed E-state index contributed by atoms with van der Waals surface area (Å²) in [5.41, 5.74) is 0.897. The van der Waals surface area contributed by atoms with Gasteiger partial charge in [0.25, 0.3) is 0 Å². The SMILES string of the molecule is Cc1cc(F)cc(C)c1S(=O)(=O)NCC1CCC(Br)CC1. The number of rotatable bonds is 4. The largest absolute Gasteiger partial charge is 0.241 e. The van der Waals surface area contributed by atoms with Crippen LogP contribution in [0.2, 0.25) is 0 Å². The number of nitrogens with one attached hydrogen (secondary N) is 1. The summed E-state index contributed by atoms with van der Waals surface area (Å²) in [4.78, 5) is 0.769. The van der Waals surface area contributed by atoms with Crippen LogP contribution in [0.5, 0.6) is 0 Å². The van der Waals surface area contributed by atoms with E-state index < -0.39 is 15.8 Å². The molecule has 0 atom stereocenters. The molecule has 0 aromatic heterocycles. The molecule has 0 spiro atoms. The smallest absolute Gasteiger partial charge is 0.211 e. The van der Waals surface area contributed by atoms with E-state index in [1.165, 1.54) is 12.1 Å². The molecule has 0 bridgehead atoms. The molecule has 21 heavy (non-hydrogen) atoms. The second-order valence-corrected chi connectivity index (χ2v) is 8.84. The highest BCUT2D eigenvalue weighted by Gasteiger charge is 2.24. The molecule has 0 saturated heterocycles. The van der Waals surface area contributed by atoms with Crippen LogP contribution in [0.3, 0.4) is 0 Å². The van der Waals surface area contributed by atoms with E-state index >= 15 is 0 Å². The first-order valence-corrected chi connectivity index (χ1v) is 9.60. The Kier molecular flexibility index (Phi) is 5.43. The number of sulfonamides is 1. The average Bonchev–Trinajstić information content (AvgIpc) is 2.36. The maximum atomic E-state index is 13.3. The predicted octanol–water partition coefficient (Wildman–Crippen LogP) is 3.67. The third kappa shape index (κ3) is 4.27. The van der Waals surface area contributed by atoms with Gasteiger partial charge >= 0.3 is 0 Å². The van der Waals surface area contributed by atoms with E-state index in [0.29, 0.717) is 28.4 Å². The Labute approximate surface area is 134 Å². The zero-order chi connectivity index (χ0) is 15.6. The van der Waals surface area contributed by atoms with Gasteiger partial charge in [-0.1, -0.05) is 15.9 Å². The molecule has 1 aliphatic rings. The fourth-order valence-electron chi connectivity index (χ4n) is 2.95. The predicted molar refractivity (Wildman–Crippen MR) is 85.7 cm³/mol. The second kappa shape index (κ2) is 6.75. The summed E-state index contributed by atoms with van der Waals surface area (Å²) in [5, 5.41) is 0. The molecule has 0 unspecified atom stereocenters. The number of aryl methyl sites for hydroxylation is 2.